The summed E-state index contributed by atoms with van der Waals surface area (Å²) in [5, 5.41) is 20.4. The van der Waals surface area contributed by atoms with Gasteiger partial charge < -0.3 is 5.11 Å². The highest BCUT2D eigenvalue weighted by Gasteiger charge is 2.61. The Balaban J connectivity index is 1.84. The van der Waals surface area contributed by atoms with Gasteiger partial charge in [-0.05, 0) is 66.7 Å². The lowest BCUT2D eigenvalue weighted by Crippen LogP contribution is -2.49. The van der Waals surface area contributed by atoms with Gasteiger partial charge in [-0.25, -0.2) is 0 Å². The number of ketones is 1. The molecule has 0 radical (unpaired) electrons. The number of aliphatic hydroxyl groups is 1. The molecule has 0 aromatic rings. The lowest BCUT2D eigenvalue weighted by Gasteiger charge is -2.50. The number of allylic oxidation sites excluding steroid dienone is 5. The van der Waals surface area contributed by atoms with E-state index in [1.807, 2.05) is 0 Å². The molecular weight excluding hydrogens is 334 g/mol. The van der Waals surface area contributed by atoms with Crippen LogP contribution in [0.3, 0.4) is 0 Å². The lowest BCUT2D eigenvalue weighted by atomic mass is 9.56. The van der Waals surface area contributed by atoms with Crippen molar-refractivity contribution in [3.05, 3.63) is 34.9 Å². The molecule has 1 N–H and O–H groups in total. The van der Waals surface area contributed by atoms with E-state index < -0.39 is 5.60 Å². The molecule has 1 saturated carbocycles. The Kier molecular flexibility index (Phi) is 3.98. The first kappa shape index (κ1) is 17.1. The summed E-state index contributed by atoms with van der Waals surface area (Å²) >= 11 is 6.69. The van der Waals surface area contributed by atoms with Crippen molar-refractivity contribution in [2.24, 2.45) is 17.3 Å². The van der Waals surface area contributed by atoms with Gasteiger partial charge in [0, 0.05) is 11.8 Å². The second kappa shape index (κ2) is 5.83. The molecule has 0 bridgehead atoms. The van der Waals surface area contributed by atoms with Gasteiger partial charge in [-0.2, -0.15) is 5.26 Å². The van der Waals surface area contributed by atoms with Crippen LogP contribution in [-0.4, -0.2) is 21.9 Å². The summed E-state index contributed by atoms with van der Waals surface area (Å²) in [5.41, 5.74) is 2.33. The van der Waals surface area contributed by atoms with Gasteiger partial charge in [0.2, 0.25) is 0 Å². The number of alkyl halides is 1. The number of carbonyl (C=O) groups is 1. The van der Waals surface area contributed by atoms with Crippen LogP contribution in [0.25, 0.3) is 0 Å². The van der Waals surface area contributed by atoms with E-state index in [1.54, 1.807) is 6.08 Å². The average Bonchev–Trinajstić information content (AvgIpc) is 2.89. The van der Waals surface area contributed by atoms with Crippen molar-refractivity contribution in [3.8, 4) is 6.07 Å². The monoisotopic (exact) mass is 357 g/mol. The molecule has 4 aliphatic carbocycles. The zero-order valence-electron chi connectivity index (χ0n) is 14.6. The molecule has 0 aromatic heterocycles. The Hall–Kier alpha value is -1.37. The van der Waals surface area contributed by atoms with E-state index in [4.69, 9.17) is 11.6 Å². The normalized spacial score (nSPS) is 42.4. The van der Waals surface area contributed by atoms with E-state index in [0.717, 1.165) is 31.3 Å². The fourth-order valence-electron chi connectivity index (χ4n) is 6.02. The summed E-state index contributed by atoms with van der Waals surface area (Å²) in [7, 11) is 0. The number of rotatable bonds is 2. The van der Waals surface area contributed by atoms with Crippen LogP contribution in [0.1, 0.15) is 51.9 Å². The topological polar surface area (TPSA) is 61.1 Å². The third-order valence-corrected chi connectivity index (χ3v) is 7.65. The fraction of sp³-hybridized carbons (Fsp3) is 0.619. The van der Waals surface area contributed by atoms with Crippen LogP contribution < -0.4 is 0 Å². The smallest absolute Gasteiger partial charge is 0.156 e. The van der Waals surface area contributed by atoms with Crippen LogP contribution in [0.5, 0.6) is 0 Å². The first-order valence-corrected chi connectivity index (χ1v) is 9.80. The van der Waals surface area contributed by atoms with E-state index in [9.17, 15) is 15.2 Å². The maximum Gasteiger partial charge on any atom is 0.156 e. The van der Waals surface area contributed by atoms with Gasteiger partial charge >= 0.3 is 0 Å². The standard InChI is InChI=1S/C21H24ClNO2/c1-2-20-7-5-15-14-4-3-13(24)11-17(14)19(22)12-16(15)18(20)6-8-21(20,25)9-10-23/h5,7,11,16,18-19,25H,2-4,6,8-9,12H2,1H3/t16-,18+,19?,20+,21-/m1/s1. The number of hydrogen-bond donors (Lipinski definition) is 1. The highest BCUT2D eigenvalue weighted by molar-refractivity contribution is 6.23. The quantitative estimate of drug-likeness (QED) is 0.752. The third-order valence-electron chi connectivity index (χ3n) is 7.23. The van der Waals surface area contributed by atoms with Crippen molar-refractivity contribution in [1.82, 2.24) is 0 Å². The van der Waals surface area contributed by atoms with Crippen LogP contribution in [-0.2, 0) is 4.79 Å². The van der Waals surface area contributed by atoms with Crippen LogP contribution in [0.15, 0.2) is 34.9 Å². The van der Waals surface area contributed by atoms with E-state index in [0.29, 0.717) is 24.7 Å². The number of halogens is 1. The molecule has 0 amide bonds. The molecule has 0 heterocycles. The van der Waals surface area contributed by atoms with Crippen molar-refractivity contribution in [3.63, 3.8) is 0 Å². The van der Waals surface area contributed by atoms with Crippen LogP contribution in [0, 0.1) is 28.6 Å². The summed E-state index contributed by atoms with van der Waals surface area (Å²) in [6.07, 6.45) is 10.9. The summed E-state index contributed by atoms with van der Waals surface area (Å²) in [6.45, 7) is 2.12. The minimum Gasteiger partial charge on any atom is -0.388 e. The second-order valence-electron chi connectivity index (χ2n) is 8.05. The number of nitriles is 1. The Labute approximate surface area is 154 Å². The highest BCUT2D eigenvalue weighted by Crippen LogP contribution is 2.63. The molecule has 0 aromatic carbocycles. The number of carbonyl (C=O) groups excluding carboxylic acids is 1. The molecule has 0 saturated heterocycles. The molecule has 4 aliphatic rings. The van der Waals surface area contributed by atoms with Gasteiger partial charge in [-0.15, -0.1) is 11.6 Å². The number of hydrogen-bond acceptors (Lipinski definition) is 3. The van der Waals surface area contributed by atoms with Gasteiger partial charge in [0.1, 0.15) is 0 Å². The summed E-state index contributed by atoms with van der Waals surface area (Å²) in [4.78, 5) is 11.8. The summed E-state index contributed by atoms with van der Waals surface area (Å²) in [5.74, 6) is 0.819. The summed E-state index contributed by atoms with van der Waals surface area (Å²) in [6, 6.07) is 2.20. The maximum atomic E-state index is 11.8. The van der Waals surface area contributed by atoms with Gasteiger partial charge in [-0.3, -0.25) is 4.79 Å². The first-order chi connectivity index (χ1) is 12.0. The molecule has 1 fully saturated rings. The van der Waals surface area contributed by atoms with E-state index >= 15 is 0 Å². The van der Waals surface area contributed by atoms with Crippen molar-refractivity contribution in [2.75, 3.05) is 0 Å². The van der Waals surface area contributed by atoms with Gasteiger partial charge in [0.15, 0.2) is 5.78 Å². The van der Waals surface area contributed by atoms with Crippen LogP contribution in [0.4, 0.5) is 0 Å². The molecule has 0 aliphatic heterocycles. The molecule has 4 heteroatoms. The summed E-state index contributed by atoms with van der Waals surface area (Å²) < 4.78 is 0. The largest absolute Gasteiger partial charge is 0.388 e. The zero-order chi connectivity index (χ0) is 17.8. The van der Waals surface area contributed by atoms with E-state index in [1.165, 1.54) is 11.1 Å². The van der Waals surface area contributed by atoms with E-state index in [2.05, 4.69) is 25.1 Å². The number of nitrogens with zero attached hydrogens (tertiary/aromatic N) is 1. The zero-order valence-corrected chi connectivity index (χ0v) is 15.4. The molecule has 132 valence electrons. The minimum atomic E-state index is -0.936. The molecule has 1 unspecified atom stereocenters. The predicted octanol–water partition coefficient (Wildman–Crippen LogP) is 4.22. The highest BCUT2D eigenvalue weighted by atomic mass is 35.5. The second-order valence-corrected chi connectivity index (χ2v) is 8.58. The van der Waals surface area contributed by atoms with Gasteiger partial charge in [-0.1, -0.05) is 19.1 Å². The molecule has 4 rings (SSSR count). The average molecular weight is 358 g/mol. The van der Waals surface area contributed by atoms with Gasteiger partial charge in [0.25, 0.3) is 0 Å². The third kappa shape index (κ3) is 2.24. The Bertz CT molecular complexity index is 758. The fourth-order valence-corrected chi connectivity index (χ4v) is 6.41. The maximum absolute atomic E-state index is 11.8. The van der Waals surface area contributed by atoms with Crippen LogP contribution in [0.2, 0.25) is 0 Å². The van der Waals surface area contributed by atoms with Crippen molar-refractivity contribution >= 4 is 17.4 Å². The Morgan fingerprint density at radius 2 is 2.24 bits per heavy atom. The predicted molar refractivity (Wildman–Crippen MR) is 96.9 cm³/mol. The van der Waals surface area contributed by atoms with Crippen molar-refractivity contribution < 1.29 is 9.90 Å². The Morgan fingerprint density at radius 1 is 1.44 bits per heavy atom. The molecule has 0 spiro atoms. The number of fused-ring (bicyclic) bond motifs is 4. The SMILES string of the molecule is CC[C@]12C=CC3=C4CCC(=O)C=C4C(Cl)C[C@H]3[C@@H]1CC[C@@]2(O)CC#N. The lowest BCUT2D eigenvalue weighted by molar-refractivity contribution is -0.114. The molecular formula is C21H24ClNO2. The first-order valence-electron chi connectivity index (χ1n) is 9.36. The Morgan fingerprint density at radius 3 is 2.96 bits per heavy atom. The molecule has 25 heavy (non-hydrogen) atoms. The van der Waals surface area contributed by atoms with Crippen molar-refractivity contribution in [2.45, 2.75) is 62.8 Å². The molecule has 5 atom stereocenters. The van der Waals surface area contributed by atoms with Crippen molar-refractivity contribution in [1.29, 1.82) is 5.26 Å². The molecule has 3 nitrogen and oxygen atoms in total. The van der Waals surface area contributed by atoms with Gasteiger partial charge in [0.05, 0.1) is 23.5 Å². The van der Waals surface area contributed by atoms with E-state index in [-0.39, 0.29) is 23.0 Å². The van der Waals surface area contributed by atoms with Crippen LogP contribution >= 0.6 is 11.6 Å². The minimum absolute atomic E-state index is 0.126.